The molecule has 166 valence electrons. The summed E-state index contributed by atoms with van der Waals surface area (Å²) in [6.07, 6.45) is 1.44. The first-order valence-electron chi connectivity index (χ1n) is 9.35. The van der Waals surface area contributed by atoms with Crippen LogP contribution in [0.4, 0.5) is 4.79 Å². The van der Waals surface area contributed by atoms with Gasteiger partial charge in [0.2, 0.25) is 5.76 Å². The zero-order chi connectivity index (χ0) is 23.3. The molecule has 3 amide bonds. The highest BCUT2D eigenvalue weighted by Crippen LogP contribution is 2.37. The third kappa shape index (κ3) is 4.84. The van der Waals surface area contributed by atoms with E-state index in [1.165, 1.54) is 31.4 Å². The van der Waals surface area contributed by atoms with E-state index in [-0.39, 0.29) is 41.1 Å². The van der Waals surface area contributed by atoms with Gasteiger partial charge in [0.15, 0.2) is 18.1 Å². The molecule has 1 N–H and O–H groups in total. The highest BCUT2D eigenvalue weighted by Gasteiger charge is 2.34. The number of nitriles is 1. The van der Waals surface area contributed by atoms with E-state index in [0.717, 1.165) is 4.90 Å². The summed E-state index contributed by atoms with van der Waals surface area (Å²) in [6.45, 7) is 1.70. The molecule has 1 saturated heterocycles. The van der Waals surface area contributed by atoms with Crippen molar-refractivity contribution in [1.82, 2.24) is 10.2 Å². The molecule has 1 fully saturated rings. The fourth-order valence-electron chi connectivity index (χ4n) is 2.89. The Labute approximate surface area is 187 Å². The zero-order valence-electron chi connectivity index (χ0n) is 17.1. The summed E-state index contributed by atoms with van der Waals surface area (Å²) in [5, 5.41) is 11.4. The first kappa shape index (κ1) is 22.7. The quantitative estimate of drug-likeness (QED) is 0.362. The maximum atomic E-state index is 12.7. The highest BCUT2D eigenvalue weighted by molar-refractivity contribution is 6.32. The topological polar surface area (TPSA) is 131 Å². The van der Waals surface area contributed by atoms with E-state index in [9.17, 15) is 14.4 Å². The van der Waals surface area contributed by atoms with Crippen LogP contribution >= 0.6 is 11.6 Å². The summed E-state index contributed by atoms with van der Waals surface area (Å²) >= 11 is 6.26. The Bertz CT molecular complexity index is 1130. The number of imide groups is 1. The van der Waals surface area contributed by atoms with Gasteiger partial charge in [-0.1, -0.05) is 11.6 Å². The van der Waals surface area contributed by atoms with E-state index in [2.05, 4.69) is 10.1 Å². The molecule has 0 saturated carbocycles. The number of hydrogen-bond donors (Lipinski definition) is 1. The molecule has 32 heavy (non-hydrogen) atoms. The molecule has 2 heterocycles. The second kappa shape index (κ2) is 9.89. The van der Waals surface area contributed by atoms with Crippen molar-refractivity contribution in [3.8, 4) is 17.6 Å². The number of benzene rings is 1. The normalized spacial score (nSPS) is 14.3. The van der Waals surface area contributed by atoms with Crippen LogP contribution in [0, 0.1) is 11.3 Å². The number of carbonyl (C=O) groups excluding carboxylic acids is 3. The van der Waals surface area contributed by atoms with E-state index in [0.29, 0.717) is 17.9 Å². The number of urea groups is 1. The Kier molecular flexibility index (Phi) is 7.02. The third-order valence-corrected chi connectivity index (χ3v) is 4.53. The number of amides is 3. The summed E-state index contributed by atoms with van der Waals surface area (Å²) in [6, 6.07) is 7.16. The van der Waals surface area contributed by atoms with Crippen molar-refractivity contribution in [2.75, 3.05) is 20.3 Å². The summed E-state index contributed by atoms with van der Waals surface area (Å²) < 4.78 is 20.7. The third-order valence-electron chi connectivity index (χ3n) is 4.25. The van der Waals surface area contributed by atoms with Gasteiger partial charge in [-0.2, -0.15) is 5.26 Å². The van der Waals surface area contributed by atoms with Gasteiger partial charge in [0.25, 0.3) is 5.91 Å². The Hall–Kier alpha value is -3.97. The summed E-state index contributed by atoms with van der Waals surface area (Å²) in [7, 11) is 1.21. The fraction of sp³-hybridized carbons (Fsp3) is 0.238. The fourth-order valence-corrected chi connectivity index (χ4v) is 3.16. The van der Waals surface area contributed by atoms with Gasteiger partial charge < -0.3 is 23.9 Å². The molecule has 0 unspecified atom stereocenters. The van der Waals surface area contributed by atoms with E-state index >= 15 is 0 Å². The lowest BCUT2D eigenvalue weighted by Crippen LogP contribution is -2.30. The number of rotatable bonds is 8. The molecule has 0 radical (unpaired) electrons. The molecule has 1 aromatic heterocycles. The molecular weight excluding hydrogens is 442 g/mol. The van der Waals surface area contributed by atoms with Crippen LogP contribution in [0.2, 0.25) is 5.02 Å². The van der Waals surface area contributed by atoms with Crippen molar-refractivity contribution in [1.29, 1.82) is 5.26 Å². The Balaban J connectivity index is 1.83. The van der Waals surface area contributed by atoms with Crippen molar-refractivity contribution < 1.29 is 33.0 Å². The maximum Gasteiger partial charge on any atom is 0.373 e. The second-order valence-electron chi connectivity index (χ2n) is 6.35. The number of hydrogen-bond acceptors (Lipinski definition) is 8. The van der Waals surface area contributed by atoms with E-state index in [4.69, 9.17) is 30.8 Å². The Morgan fingerprint density at radius 3 is 2.78 bits per heavy atom. The number of furan rings is 1. The van der Waals surface area contributed by atoms with Gasteiger partial charge >= 0.3 is 12.0 Å². The maximum absolute atomic E-state index is 12.7. The number of ether oxygens (including phenoxy) is 3. The highest BCUT2D eigenvalue weighted by atomic mass is 35.5. The standard InChI is InChI=1S/C21H18ClN3O7/c1-3-30-17-10-12(8-14(22)18(17)31-7-6-23)9-15-19(26)25(21(28)24-15)11-13-4-5-16(32-13)20(27)29-2/h4-5,8-10H,3,7,11H2,1-2H3,(H,24,28)/b15-9-. The van der Waals surface area contributed by atoms with Crippen molar-refractivity contribution in [3.63, 3.8) is 0 Å². The number of halogens is 1. The number of nitrogens with one attached hydrogen (secondary N) is 1. The van der Waals surface area contributed by atoms with Crippen LogP contribution in [0.25, 0.3) is 6.08 Å². The minimum atomic E-state index is -0.668. The molecular formula is C21H18ClN3O7. The molecule has 1 aromatic carbocycles. The smallest absolute Gasteiger partial charge is 0.373 e. The molecule has 0 atom stereocenters. The SMILES string of the molecule is CCOc1cc(/C=C2\NC(=O)N(Cc3ccc(C(=O)OC)o3)C2=O)cc(Cl)c1OCC#N. The summed E-state index contributed by atoms with van der Waals surface area (Å²) in [5.74, 6) is -0.567. The van der Waals surface area contributed by atoms with Gasteiger partial charge in [-0.15, -0.1) is 0 Å². The number of methoxy groups -OCH3 is 1. The average Bonchev–Trinajstić information content (AvgIpc) is 3.33. The predicted molar refractivity (Wildman–Crippen MR) is 111 cm³/mol. The lowest BCUT2D eigenvalue weighted by molar-refractivity contribution is -0.123. The molecule has 3 rings (SSSR count). The lowest BCUT2D eigenvalue weighted by atomic mass is 10.1. The number of esters is 1. The van der Waals surface area contributed by atoms with Crippen molar-refractivity contribution in [3.05, 3.63) is 52.1 Å². The summed E-state index contributed by atoms with van der Waals surface area (Å²) in [5.41, 5.74) is 0.484. The van der Waals surface area contributed by atoms with Crippen LogP contribution in [-0.4, -0.2) is 43.1 Å². The van der Waals surface area contributed by atoms with Crippen LogP contribution in [0.15, 0.2) is 34.4 Å². The first-order chi connectivity index (χ1) is 15.4. The Morgan fingerprint density at radius 2 is 2.09 bits per heavy atom. The predicted octanol–water partition coefficient (Wildman–Crippen LogP) is 3.11. The minimum Gasteiger partial charge on any atom is -0.490 e. The lowest BCUT2D eigenvalue weighted by Gasteiger charge is -2.13. The molecule has 1 aliphatic heterocycles. The van der Waals surface area contributed by atoms with E-state index in [1.54, 1.807) is 13.0 Å². The summed E-state index contributed by atoms with van der Waals surface area (Å²) in [4.78, 5) is 37.5. The first-order valence-corrected chi connectivity index (χ1v) is 9.73. The molecule has 0 aliphatic carbocycles. The molecule has 1 aliphatic rings. The van der Waals surface area contributed by atoms with Gasteiger partial charge in [-0.25, -0.2) is 9.59 Å². The molecule has 11 heteroatoms. The number of nitrogens with zero attached hydrogens (tertiary/aromatic N) is 2. The molecule has 0 bridgehead atoms. The molecule has 10 nitrogen and oxygen atoms in total. The van der Waals surface area contributed by atoms with Gasteiger partial charge in [0.1, 0.15) is 17.5 Å². The van der Waals surface area contributed by atoms with Crippen LogP contribution in [-0.2, 0) is 16.1 Å². The van der Waals surface area contributed by atoms with E-state index < -0.39 is 17.9 Å². The average molecular weight is 460 g/mol. The Morgan fingerprint density at radius 1 is 1.31 bits per heavy atom. The van der Waals surface area contributed by atoms with E-state index in [1.807, 2.05) is 6.07 Å². The minimum absolute atomic E-state index is 0.0129. The largest absolute Gasteiger partial charge is 0.490 e. The van der Waals surface area contributed by atoms with Crippen molar-refractivity contribution in [2.45, 2.75) is 13.5 Å². The van der Waals surface area contributed by atoms with Gasteiger partial charge in [0, 0.05) is 0 Å². The molecule has 0 spiro atoms. The van der Waals surface area contributed by atoms with Crippen LogP contribution in [0.5, 0.6) is 11.5 Å². The van der Waals surface area contributed by atoms with Crippen LogP contribution in [0.1, 0.15) is 28.8 Å². The van der Waals surface area contributed by atoms with Gasteiger partial charge in [-0.05, 0) is 42.8 Å². The van der Waals surface area contributed by atoms with Crippen molar-refractivity contribution in [2.24, 2.45) is 0 Å². The van der Waals surface area contributed by atoms with Crippen LogP contribution < -0.4 is 14.8 Å². The van der Waals surface area contributed by atoms with Gasteiger partial charge in [-0.3, -0.25) is 9.69 Å². The molecule has 2 aromatic rings. The zero-order valence-corrected chi connectivity index (χ0v) is 17.9. The number of carbonyl (C=O) groups is 3. The van der Waals surface area contributed by atoms with Gasteiger partial charge in [0.05, 0.1) is 25.3 Å². The monoisotopic (exact) mass is 459 g/mol. The van der Waals surface area contributed by atoms with Crippen molar-refractivity contribution >= 4 is 35.6 Å². The van der Waals surface area contributed by atoms with Crippen LogP contribution in [0.3, 0.4) is 0 Å². The second-order valence-corrected chi connectivity index (χ2v) is 6.75.